The standard InChI is InChI=1S/C14H26N2O3/c1-13(2)10-16(5-6-17-13)12-9-14(4-3-11(12)15)18-7-8-19-14/h11-12H,3-10,15H2,1-2H3. The maximum Gasteiger partial charge on any atom is 0.170 e. The lowest BCUT2D eigenvalue weighted by Gasteiger charge is -2.48. The van der Waals surface area contributed by atoms with Gasteiger partial charge in [0.1, 0.15) is 0 Å². The van der Waals surface area contributed by atoms with Gasteiger partial charge in [0.05, 0.1) is 25.4 Å². The molecule has 1 aliphatic carbocycles. The normalized spacial score (nSPS) is 38.7. The number of nitrogens with zero attached hydrogens (tertiary/aromatic N) is 1. The van der Waals surface area contributed by atoms with E-state index in [1.165, 1.54) is 0 Å². The Morgan fingerprint density at radius 2 is 1.84 bits per heavy atom. The largest absolute Gasteiger partial charge is 0.373 e. The van der Waals surface area contributed by atoms with Crippen molar-refractivity contribution in [2.75, 3.05) is 32.9 Å². The van der Waals surface area contributed by atoms with Gasteiger partial charge < -0.3 is 19.9 Å². The van der Waals surface area contributed by atoms with Gasteiger partial charge in [-0.05, 0) is 20.3 Å². The van der Waals surface area contributed by atoms with Gasteiger partial charge in [0.25, 0.3) is 0 Å². The lowest BCUT2D eigenvalue weighted by Crippen LogP contribution is -2.61. The van der Waals surface area contributed by atoms with Gasteiger partial charge >= 0.3 is 0 Å². The first-order chi connectivity index (χ1) is 9.00. The fraction of sp³-hybridized carbons (Fsp3) is 1.00. The van der Waals surface area contributed by atoms with E-state index >= 15 is 0 Å². The van der Waals surface area contributed by atoms with Crippen LogP contribution in [0.15, 0.2) is 0 Å². The Morgan fingerprint density at radius 1 is 1.11 bits per heavy atom. The predicted octanol–water partition coefficient (Wildman–Crippen LogP) is 0.720. The zero-order valence-electron chi connectivity index (χ0n) is 12.1. The Balaban J connectivity index is 1.71. The number of hydrogen-bond acceptors (Lipinski definition) is 5. The molecule has 1 spiro atoms. The van der Waals surface area contributed by atoms with E-state index in [-0.39, 0.29) is 17.4 Å². The van der Waals surface area contributed by atoms with Crippen molar-refractivity contribution in [3.63, 3.8) is 0 Å². The van der Waals surface area contributed by atoms with E-state index in [0.29, 0.717) is 6.04 Å². The summed E-state index contributed by atoms with van der Waals surface area (Å²) in [6, 6.07) is 0.558. The summed E-state index contributed by atoms with van der Waals surface area (Å²) >= 11 is 0. The molecule has 19 heavy (non-hydrogen) atoms. The second kappa shape index (κ2) is 4.97. The fourth-order valence-electron chi connectivity index (χ4n) is 3.65. The minimum absolute atomic E-state index is 0.0834. The highest BCUT2D eigenvalue weighted by Gasteiger charge is 2.47. The Morgan fingerprint density at radius 3 is 2.53 bits per heavy atom. The summed E-state index contributed by atoms with van der Waals surface area (Å²) in [6.07, 6.45) is 2.80. The molecular weight excluding hydrogens is 244 g/mol. The summed E-state index contributed by atoms with van der Waals surface area (Å²) in [5.41, 5.74) is 6.27. The van der Waals surface area contributed by atoms with E-state index in [1.807, 2.05) is 0 Å². The summed E-state index contributed by atoms with van der Waals surface area (Å²) in [7, 11) is 0. The summed E-state index contributed by atoms with van der Waals surface area (Å²) in [5, 5.41) is 0. The van der Waals surface area contributed by atoms with Gasteiger partial charge in [-0.1, -0.05) is 0 Å². The first-order valence-corrected chi connectivity index (χ1v) is 7.41. The third-order valence-electron chi connectivity index (χ3n) is 4.61. The first-order valence-electron chi connectivity index (χ1n) is 7.41. The number of rotatable bonds is 1. The molecule has 0 radical (unpaired) electrons. The highest BCUT2D eigenvalue weighted by atomic mass is 16.7. The summed E-state index contributed by atoms with van der Waals surface area (Å²) in [4.78, 5) is 2.47. The van der Waals surface area contributed by atoms with Gasteiger partial charge in [-0.3, -0.25) is 4.90 Å². The molecule has 0 aromatic carbocycles. The van der Waals surface area contributed by atoms with Crippen LogP contribution in [-0.2, 0) is 14.2 Å². The molecule has 5 nitrogen and oxygen atoms in total. The Bertz CT molecular complexity index is 329. The van der Waals surface area contributed by atoms with E-state index in [4.69, 9.17) is 19.9 Å². The summed E-state index contributed by atoms with van der Waals surface area (Å²) in [5.74, 6) is -0.358. The van der Waals surface area contributed by atoms with Crippen LogP contribution >= 0.6 is 0 Å². The molecule has 3 fully saturated rings. The Hall–Kier alpha value is -0.200. The zero-order chi connectivity index (χ0) is 13.5. The SMILES string of the molecule is CC1(C)CN(C2CC3(CCC2N)OCCO3)CCO1. The van der Waals surface area contributed by atoms with Crippen molar-refractivity contribution in [2.24, 2.45) is 5.73 Å². The van der Waals surface area contributed by atoms with Gasteiger partial charge in [-0.25, -0.2) is 0 Å². The smallest absolute Gasteiger partial charge is 0.170 e. The third kappa shape index (κ3) is 2.81. The average molecular weight is 270 g/mol. The highest BCUT2D eigenvalue weighted by molar-refractivity contribution is 4.97. The molecule has 0 amide bonds. The van der Waals surface area contributed by atoms with Gasteiger partial charge in [0, 0.05) is 38.0 Å². The van der Waals surface area contributed by atoms with E-state index in [0.717, 1.165) is 52.2 Å². The van der Waals surface area contributed by atoms with Crippen LogP contribution in [0.3, 0.4) is 0 Å². The van der Waals surface area contributed by atoms with Crippen molar-refractivity contribution >= 4 is 0 Å². The molecule has 2 atom stereocenters. The monoisotopic (exact) mass is 270 g/mol. The molecule has 0 aromatic heterocycles. The number of nitrogens with two attached hydrogens (primary N) is 1. The van der Waals surface area contributed by atoms with Crippen molar-refractivity contribution in [1.82, 2.24) is 4.90 Å². The second-order valence-electron chi connectivity index (χ2n) is 6.66. The maximum atomic E-state index is 6.36. The number of ether oxygens (including phenoxy) is 3. The van der Waals surface area contributed by atoms with E-state index in [9.17, 15) is 0 Å². The molecule has 2 aliphatic heterocycles. The van der Waals surface area contributed by atoms with Crippen LogP contribution in [0, 0.1) is 0 Å². The van der Waals surface area contributed by atoms with Gasteiger partial charge in [0.15, 0.2) is 5.79 Å². The third-order valence-corrected chi connectivity index (χ3v) is 4.61. The van der Waals surface area contributed by atoms with Crippen molar-refractivity contribution in [3.05, 3.63) is 0 Å². The van der Waals surface area contributed by atoms with Gasteiger partial charge in [-0.15, -0.1) is 0 Å². The molecule has 0 bridgehead atoms. The minimum Gasteiger partial charge on any atom is -0.373 e. The summed E-state index contributed by atoms with van der Waals surface area (Å²) < 4.78 is 17.5. The molecule has 3 rings (SSSR count). The fourth-order valence-corrected chi connectivity index (χ4v) is 3.65. The second-order valence-corrected chi connectivity index (χ2v) is 6.66. The minimum atomic E-state index is -0.358. The lowest BCUT2D eigenvalue weighted by atomic mass is 9.84. The van der Waals surface area contributed by atoms with Crippen LogP contribution < -0.4 is 5.73 Å². The van der Waals surface area contributed by atoms with Gasteiger partial charge in [-0.2, -0.15) is 0 Å². The summed E-state index contributed by atoms with van der Waals surface area (Å²) in [6.45, 7) is 8.40. The predicted molar refractivity (Wildman–Crippen MR) is 71.9 cm³/mol. The van der Waals surface area contributed by atoms with Crippen LogP contribution in [0.4, 0.5) is 0 Å². The molecule has 0 aromatic rings. The van der Waals surface area contributed by atoms with Crippen LogP contribution in [0.1, 0.15) is 33.1 Å². The molecule has 3 aliphatic rings. The Labute approximate surface area is 115 Å². The zero-order valence-corrected chi connectivity index (χ0v) is 12.1. The lowest BCUT2D eigenvalue weighted by molar-refractivity contribution is -0.199. The van der Waals surface area contributed by atoms with Crippen molar-refractivity contribution in [3.8, 4) is 0 Å². The molecule has 2 N–H and O–H groups in total. The highest BCUT2D eigenvalue weighted by Crippen LogP contribution is 2.38. The molecule has 110 valence electrons. The van der Waals surface area contributed by atoms with E-state index in [2.05, 4.69) is 18.7 Å². The molecule has 1 saturated carbocycles. The molecule has 2 saturated heterocycles. The molecule has 2 heterocycles. The van der Waals surface area contributed by atoms with Crippen molar-refractivity contribution < 1.29 is 14.2 Å². The number of hydrogen-bond donors (Lipinski definition) is 1. The number of morpholine rings is 1. The van der Waals surface area contributed by atoms with Crippen molar-refractivity contribution in [1.29, 1.82) is 0 Å². The molecule has 5 heteroatoms. The van der Waals surface area contributed by atoms with Crippen LogP contribution in [0.25, 0.3) is 0 Å². The average Bonchev–Trinajstić information content (AvgIpc) is 2.80. The van der Waals surface area contributed by atoms with Gasteiger partial charge in [0.2, 0.25) is 0 Å². The van der Waals surface area contributed by atoms with Crippen LogP contribution in [-0.4, -0.2) is 61.3 Å². The van der Waals surface area contributed by atoms with Crippen LogP contribution in [0.2, 0.25) is 0 Å². The maximum absolute atomic E-state index is 6.36. The quantitative estimate of drug-likeness (QED) is 0.761. The first kappa shape index (κ1) is 13.8. The topological polar surface area (TPSA) is 57.0 Å². The van der Waals surface area contributed by atoms with Crippen molar-refractivity contribution in [2.45, 2.75) is 56.6 Å². The molecule has 2 unspecified atom stereocenters. The van der Waals surface area contributed by atoms with E-state index < -0.39 is 0 Å². The molecular formula is C14H26N2O3. The van der Waals surface area contributed by atoms with E-state index in [1.54, 1.807) is 0 Å². The van der Waals surface area contributed by atoms with Crippen LogP contribution in [0.5, 0.6) is 0 Å². The Kier molecular flexibility index (Phi) is 3.60.